The lowest BCUT2D eigenvalue weighted by Gasteiger charge is -2.30. The molecule has 8 nitrogen and oxygen atoms in total. The van der Waals surface area contributed by atoms with E-state index < -0.39 is 17.3 Å². The lowest BCUT2D eigenvalue weighted by molar-refractivity contribution is -0.138. The molecule has 0 bridgehead atoms. The summed E-state index contributed by atoms with van der Waals surface area (Å²) < 4.78 is 46.7. The summed E-state index contributed by atoms with van der Waals surface area (Å²) in [6, 6.07) is 6.01. The van der Waals surface area contributed by atoms with E-state index in [0.717, 1.165) is 62.9 Å². The fourth-order valence-corrected chi connectivity index (χ4v) is 6.95. The van der Waals surface area contributed by atoms with Gasteiger partial charge >= 0.3 is 6.18 Å². The second-order valence-corrected chi connectivity index (χ2v) is 11.7. The summed E-state index contributed by atoms with van der Waals surface area (Å²) in [6.07, 6.45) is 2.11. The van der Waals surface area contributed by atoms with Gasteiger partial charge in [-0.2, -0.15) is 24.9 Å². The minimum absolute atomic E-state index is 0.0418. The SMILES string of the molecule is O=C(CN1CCn2c(cc(C(F)(F)F)cc2=O)C1)NC1CN(C2CCCOCC2)C[C@@H]1SCc1cccnc1. The maximum absolute atomic E-state index is 13.2. The summed E-state index contributed by atoms with van der Waals surface area (Å²) in [5, 5.41) is 3.43. The second-order valence-electron chi connectivity index (χ2n) is 10.5. The molecule has 0 aromatic carbocycles. The van der Waals surface area contributed by atoms with Crippen LogP contribution in [0.15, 0.2) is 41.5 Å². The number of nitrogens with one attached hydrogen (secondary N) is 1. The van der Waals surface area contributed by atoms with Crippen LogP contribution in [0.2, 0.25) is 0 Å². The lowest BCUT2D eigenvalue weighted by atomic mass is 10.1. The molecule has 1 N–H and O–H groups in total. The first-order chi connectivity index (χ1) is 18.8. The number of hydrogen-bond donors (Lipinski definition) is 1. The second kappa shape index (κ2) is 12.4. The largest absolute Gasteiger partial charge is 0.416 e. The number of pyridine rings is 2. The van der Waals surface area contributed by atoms with Crippen LogP contribution in [-0.2, 0) is 34.6 Å². The molecule has 212 valence electrons. The topological polar surface area (TPSA) is 79.7 Å². The molecule has 0 saturated carbocycles. The van der Waals surface area contributed by atoms with E-state index >= 15 is 0 Å². The summed E-state index contributed by atoms with van der Waals surface area (Å²) in [4.78, 5) is 33.9. The average Bonchev–Trinajstić information content (AvgIpc) is 3.10. The number of halogens is 3. The standard InChI is InChI=1S/C27H34F3N5O3S/c28-27(29,30)20-11-22-14-33(7-8-35(22)26(37)12-20)17-25(36)32-23-15-34(21-4-2-9-38-10-5-21)16-24(23)39-18-19-3-1-6-31-13-19/h1,3,6,11-13,21,23-24H,2,4-5,7-10,14-18H2,(H,32,36)/t21?,23?,24-/m0/s1. The molecular weight excluding hydrogens is 531 g/mol. The summed E-state index contributed by atoms with van der Waals surface area (Å²) in [5.41, 5.74) is -0.198. The fourth-order valence-electron chi connectivity index (χ4n) is 5.69. The molecule has 0 spiro atoms. The lowest BCUT2D eigenvalue weighted by Crippen LogP contribution is -2.48. The number of ether oxygens (including phenoxy) is 1. The Morgan fingerprint density at radius 3 is 2.85 bits per heavy atom. The van der Waals surface area contributed by atoms with Crippen molar-refractivity contribution in [2.75, 3.05) is 39.4 Å². The number of alkyl halides is 3. The molecule has 2 unspecified atom stereocenters. The van der Waals surface area contributed by atoms with E-state index in [2.05, 4.69) is 15.2 Å². The average molecular weight is 566 g/mol. The Balaban J connectivity index is 1.22. The number of amides is 1. The molecule has 2 saturated heterocycles. The normalized spacial score (nSPS) is 24.7. The predicted octanol–water partition coefficient (Wildman–Crippen LogP) is 2.75. The van der Waals surface area contributed by atoms with Gasteiger partial charge in [0.05, 0.1) is 18.2 Å². The molecule has 39 heavy (non-hydrogen) atoms. The quantitative estimate of drug-likeness (QED) is 0.553. The number of carbonyl (C=O) groups is 1. The summed E-state index contributed by atoms with van der Waals surface area (Å²) in [6.45, 7) is 4.03. The number of nitrogens with zero attached hydrogens (tertiary/aromatic N) is 4. The van der Waals surface area contributed by atoms with Gasteiger partial charge in [0.2, 0.25) is 5.91 Å². The molecule has 2 aromatic rings. The van der Waals surface area contributed by atoms with Crippen LogP contribution < -0.4 is 10.9 Å². The van der Waals surface area contributed by atoms with Crippen molar-refractivity contribution in [3.63, 3.8) is 0 Å². The van der Waals surface area contributed by atoms with E-state index in [1.807, 2.05) is 30.1 Å². The van der Waals surface area contributed by atoms with Gasteiger partial charge < -0.3 is 14.6 Å². The third-order valence-corrected chi connectivity index (χ3v) is 9.11. The van der Waals surface area contributed by atoms with E-state index in [0.29, 0.717) is 18.7 Å². The first-order valence-electron chi connectivity index (χ1n) is 13.4. The third-order valence-electron chi connectivity index (χ3n) is 7.70. The van der Waals surface area contributed by atoms with Crippen molar-refractivity contribution in [2.24, 2.45) is 0 Å². The molecule has 3 aliphatic rings. The van der Waals surface area contributed by atoms with Crippen LogP contribution in [0.1, 0.15) is 36.1 Å². The first-order valence-corrected chi connectivity index (χ1v) is 14.5. The van der Waals surface area contributed by atoms with E-state index in [1.54, 1.807) is 11.1 Å². The molecule has 3 aliphatic heterocycles. The summed E-state index contributed by atoms with van der Waals surface area (Å²) in [7, 11) is 0. The van der Waals surface area contributed by atoms with Gasteiger partial charge in [-0.05, 0) is 37.0 Å². The Labute approximate surface area is 229 Å². The molecule has 5 heterocycles. The third kappa shape index (κ3) is 7.22. The minimum atomic E-state index is -4.59. The van der Waals surface area contributed by atoms with Crippen molar-refractivity contribution < 1.29 is 22.7 Å². The van der Waals surface area contributed by atoms with Crippen LogP contribution in [0, 0.1) is 0 Å². The fraction of sp³-hybridized carbons (Fsp3) is 0.593. The van der Waals surface area contributed by atoms with Gasteiger partial charge in [0.1, 0.15) is 0 Å². The molecule has 5 rings (SSSR count). The molecule has 3 atom stereocenters. The predicted molar refractivity (Wildman–Crippen MR) is 142 cm³/mol. The molecular formula is C27H34F3N5O3S. The number of fused-ring (bicyclic) bond motifs is 1. The Morgan fingerprint density at radius 2 is 2.05 bits per heavy atom. The van der Waals surface area contributed by atoms with Gasteiger partial charge in [0.25, 0.3) is 5.56 Å². The van der Waals surface area contributed by atoms with E-state index in [1.165, 1.54) is 4.57 Å². The highest BCUT2D eigenvalue weighted by atomic mass is 32.2. The Bertz CT molecular complexity index is 1190. The molecule has 12 heteroatoms. The highest BCUT2D eigenvalue weighted by molar-refractivity contribution is 7.99. The van der Waals surface area contributed by atoms with E-state index in [-0.39, 0.29) is 42.5 Å². The summed E-state index contributed by atoms with van der Waals surface area (Å²) >= 11 is 1.82. The van der Waals surface area contributed by atoms with Crippen molar-refractivity contribution >= 4 is 17.7 Å². The minimum Gasteiger partial charge on any atom is -0.381 e. The van der Waals surface area contributed by atoms with Crippen molar-refractivity contribution in [2.45, 2.75) is 61.6 Å². The molecule has 2 fully saturated rings. The van der Waals surface area contributed by atoms with Crippen LogP contribution in [0.4, 0.5) is 13.2 Å². The zero-order valence-electron chi connectivity index (χ0n) is 21.7. The van der Waals surface area contributed by atoms with Crippen LogP contribution in [0.5, 0.6) is 0 Å². The van der Waals surface area contributed by atoms with Gasteiger partial charge in [-0.25, -0.2) is 0 Å². The van der Waals surface area contributed by atoms with Gasteiger partial charge in [0, 0.05) is 87.1 Å². The zero-order chi connectivity index (χ0) is 27.4. The molecule has 1 amide bonds. The molecule has 2 aromatic heterocycles. The molecule has 0 radical (unpaired) electrons. The zero-order valence-corrected chi connectivity index (χ0v) is 22.6. The Kier molecular flexibility index (Phi) is 8.95. The number of aromatic nitrogens is 2. The monoisotopic (exact) mass is 565 g/mol. The van der Waals surface area contributed by atoms with E-state index in [4.69, 9.17) is 4.74 Å². The van der Waals surface area contributed by atoms with Crippen molar-refractivity contribution in [3.8, 4) is 0 Å². The number of thioether (sulfide) groups is 1. The van der Waals surface area contributed by atoms with Gasteiger partial charge in [-0.3, -0.25) is 24.4 Å². The van der Waals surface area contributed by atoms with Gasteiger partial charge in [-0.15, -0.1) is 0 Å². The van der Waals surface area contributed by atoms with Crippen LogP contribution in [-0.4, -0.2) is 82.0 Å². The smallest absolute Gasteiger partial charge is 0.381 e. The van der Waals surface area contributed by atoms with E-state index in [9.17, 15) is 22.8 Å². The van der Waals surface area contributed by atoms with Crippen molar-refractivity contribution in [3.05, 3.63) is 63.8 Å². The highest BCUT2D eigenvalue weighted by Crippen LogP contribution is 2.31. The number of rotatable bonds is 7. The Morgan fingerprint density at radius 1 is 1.18 bits per heavy atom. The summed E-state index contributed by atoms with van der Waals surface area (Å²) in [5.74, 6) is 0.645. The molecule has 0 aliphatic carbocycles. The number of hydrogen-bond acceptors (Lipinski definition) is 7. The van der Waals surface area contributed by atoms with Crippen molar-refractivity contribution in [1.82, 2.24) is 24.7 Å². The van der Waals surface area contributed by atoms with Crippen LogP contribution in [0.25, 0.3) is 0 Å². The maximum Gasteiger partial charge on any atom is 0.416 e. The van der Waals surface area contributed by atoms with Gasteiger partial charge in [0.15, 0.2) is 0 Å². The number of carbonyl (C=O) groups excluding carboxylic acids is 1. The van der Waals surface area contributed by atoms with Crippen molar-refractivity contribution in [1.29, 1.82) is 0 Å². The Hall–Kier alpha value is -2.41. The number of likely N-dealkylation sites (tertiary alicyclic amines) is 1. The van der Waals surface area contributed by atoms with Crippen LogP contribution >= 0.6 is 11.8 Å². The van der Waals surface area contributed by atoms with Crippen LogP contribution in [0.3, 0.4) is 0 Å². The van der Waals surface area contributed by atoms with Gasteiger partial charge in [-0.1, -0.05) is 6.07 Å². The first kappa shape index (κ1) is 28.1. The highest BCUT2D eigenvalue weighted by Gasteiger charge is 2.38. The maximum atomic E-state index is 13.2.